The van der Waals surface area contributed by atoms with Gasteiger partial charge in [-0.05, 0) is 18.2 Å². The maximum atomic E-state index is 10.8. The fourth-order valence-corrected chi connectivity index (χ4v) is 2.48. The molecule has 0 aliphatic heterocycles. The van der Waals surface area contributed by atoms with E-state index in [4.69, 9.17) is 5.11 Å². The van der Waals surface area contributed by atoms with Crippen molar-refractivity contribution in [1.82, 2.24) is 15.0 Å². The van der Waals surface area contributed by atoms with Gasteiger partial charge in [-0.25, -0.2) is 19.7 Å². The first-order valence-corrected chi connectivity index (χ1v) is 6.68. The van der Waals surface area contributed by atoms with E-state index in [1.165, 1.54) is 11.3 Å². The molecule has 2 aromatic heterocycles. The predicted molar refractivity (Wildman–Crippen MR) is 75.5 cm³/mol. The topological polar surface area (TPSA) is 76.0 Å². The minimum Gasteiger partial charge on any atom is -0.478 e. The maximum Gasteiger partial charge on any atom is 0.335 e. The van der Waals surface area contributed by atoms with Crippen molar-refractivity contribution in [2.45, 2.75) is 0 Å². The Morgan fingerprint density at radius 3 is 2.45 bits per heavy atom. The summed E-state index contributed by atoms with van der Waals surface area (Å²) in [6.45, 7) is 0. The summed E-state index contributed by atoms with van der Waals surface area (Å²) in [5.74, 6) is -0.348. The number of rotatable bonds is 3. The van der Waals surface area contributed by atoms with Gasteiger partial charge in [0.2, 0.25) is 0 Å². The molecule has 0 fully saturated rings. The summed E-state index contributed by atoms with van der Waals surface area (Å²) in [5, 5.41) is 11.5. The highest BCUT2D eigenvalue weighted by atomic mass is 32.1. The molecule has 1 N–H and O–H groups in total. The van der Waals surface area contributed by atoms with Crippen molar-refractivity contribution in [3.05, 3.63) is 53.7 Å². The summed E-state index contributed by atoms with van der Waals surface area (Å²) in [7, 11) is 0. The first kappa shape index (κ1) is 12.4. The van der Waals surface area contributed by atoms with Crippen LogP contribution in [0.1, 0.15) is 10.4 Å². The van der Waals surface area contributed by atoms with Gasteiger partial charge in [0.1, 0.15) is 0 Å². The van der Waals surface area contributed by atoms with E-state index in [2.05, 4.69) is 15.0 Å². The molecule has 5 nitrogen and oxygen atoms in total. The molecule has 0 bridgehead atoms. The van der Waals surface area contributed by atoms with Gasteiger partial charge in [0.25, 0.3) is 0 Å². The van der Waals surface area contributed by atoms with Crippen molar-refractivity contribution < 1.29 is 9.90 Å². The number of carboxylic acid groups (broad SMARTS) is 1. The molecule has 98 valence electrons. The third-order valence-corrected chi connectivity index (χ3v) is 3.53. The number of aromatic nitrogens is 3. The van der Waals surface area contributed by atoms with Crippen molar-refractivity contribution in [2.24, 2.45) is 0 Å². The number of carboxylic acids is 1. The molecule has 3 aromatic rings. The van der Waals surface area contributed by atoms with Gasteiger partial charge in [0.05, 0.1) is 11.3 Å². The van der Waals surface area contributed by atoms with E-state index in [-0.39, 0.29) is 5.56 Å². The lowest BCUT2D eigenvalue weighted by Gasteiger charge is -1.98. The average Bonchev–Trinajstić information content (AvgIpc) is 2.98. The van der Waals surface area contributed by atoms with Crippen LogP contribution in [0.15, 0.2) is 48.1 Å². The summed E-state index contributed by atoms with van der Waals surface area (Å²) in [5.41, 5.74) is 1.92. The van der Waals surface area contributed by atoms with Gasteiger partial charge < -0.3 is 5.11 Å². The molecule has 3 rings (SSSR count). The number of hydrogen-bond donors (Lipinski definition) is 1. The molecule has 0 radical (unpaired) electrons. The van der Waals surface area contributed by atoms with E-state index >= 15 is 0 Å². The van der Waals surface area contributed by atoms with Gasteiger partial charge in [-0.3, -0.25) is 0 Å². The Kier molecular flexibility index (Phi) is 3.22. The molecule has 0 amide bonds. The molecule has 0 saturated heterocycles. The molecule has 0 aliphatic carbocycles. The van der Waals surface area contributed by atoms with E-state index < -0.39 is 5.97 Å². The summed E-state index contributed by atoms with van der Waals surface area (Å²) in [6, 6.07) is 8.37. The maximum absolute atomic E-state index is 10.8. The third kappa shape index (κ3) is 2.41. The molecule has 0 unspecified atom stereocenters. The lowest BCUT2D eigenvalue weighted by molar-refractivity contribution is 0.0697. The number of benzene rings is 1. The molecule has 2 heterocycles. The van der Waals surface area contributed by atoms with Crippen LogP contribution in [0.4, 0.5) is 0 Å². The molecule has 0 atom stereocenters. The minimum absolute atomic E-state index is 0.260. The SMILES string of the molecule is O=C(O)c1ccc(-c2csc(-c3ncccn3)n2)cc1. The molecule has 0 saturated carbocycles. The van der Waals surface area contributed by atoms with Gasteiger partial charge in [0.15, 0.2) is 10.8 Å². The van der Waals surface area contributed by atoms with Gasteiger partial charge in [0, 0.05) is 23.3 Å². The normalized spacial score (nSPS) is 10.4. The van der Waals surface area contributed by atoms with Gasteiger partial charge in [-0.1, -0.05) is 12.1 Å². The lowest BCUT2D eigenvalue weighted by Crippen LogP contribution is -1.95. The van der Waals surface area contributed by atoms with Crippen LogP contribution >= 0.6 is 11.3 Å². The predicted octanol–water partition coefficient (Wildman–Crippen LogP) is 2.97. The van der Waals surface area contributed by atoms with E-state index in [1.807, 2.05) is 5.38 Å². The van der Waals surface area contributed by atoms with Crippen LogP contribution in [-0.4, -0.2) is 26.0 Å². The summed E-state index contributed by atoms with van der Waals surface area (Å²) >= 11 is 1.46. The highest BCUT2D eigenvalue weighted by Gasteiger charge is 2.09. The second-order valence-electron chi connectivity index (χ2n) is 3.99. The molecule has 0 aliphatic rings. The first-order chi connectivity index (χ1) is 9.74. The monoisotopic (exact) mass is 283 g/mol. The van der Waals surface area contributed by atoms with Crippen molar-refractivity contribution in [1.29, 1.82) is 0 Å². The Morgan fingerprint density at radius 2 is 1.80 bits per heavy atom. The lowest BCUT2D eigenvalue weighted by atomic mass is 10.1. The molecular formula is C14H9N3O2S. The van der Waals surface area contributed by atoms with Crippen LogP contribution in [0.3, 0.4) is 0 Å². The van der Waals surface area contributed by atoms with E-state index in [9.17, 15) is 4.79 Å². The summed E-state index contributed by atoms with van der Waals surface area (Å²) < 4.78 is 0. The highest BCUT2D eigenvalue weighted by molar-refractivity contribution is 7.13. The van der Waals surface area contributed by atoms with E-state index in [0.717, 1.165) is 16.3 Å². The van der Waals surface area contributed by atoms with Crippen molar-refractivity contribution in [3.8, 4) is 22.1 Å². The van der Waals surface area contributed by atoms with Crippen molar-refractivity contribution >= 4 is 17.3 Å². The Balaban J connectivity index is 1.92. The standard InChI is InChI=1S/C14H9N3O2S/c18-14(19)10-4-2-9(3-5-10)11-8-20-13(17-11)12-15-6-1-7-16-12/h1-8H,(H,18,19). The Morgan fingerprint density at radius 1 is 1.10 bits per heavy atom. The fourth-order valence-electron chi connectivity index (χ4n) is 1.70. The second-order valence-corrected chi connectivity index (χ2v) is 4.85. The molecular weight excluding hydrogens is 274 g/mol. The van der Waals surface area contributed by atoms with Crippen LogP contribution in [-0.2, 0) is 0 Å². The zero-order chi connectivity index (χ0) is 13.9. The summed E-state index contributed by atoms with van der Waals surface area (Å²) in [6.07, 6.45) is 3.34. The summed E-state index contributed by atoms with van der Waals surface area (Å²) in [4.78, 5) is 23.6. The van der Waals surface area contributed by atoms with Crippen LogP contribution in [0, 0.1) is 0 Å². The van der Waals surface area contributed by atoms with Crippen molar-refractivity contribution in [2.75, 3.05) is 0 Å². The Hall–Kier alpha value is -2.60. The number of hydrogen-bond acceptors (Lipinski definition) is 5. The highest BCUT2D eigenvalue weighted by Crippen LogP contribution is 2.26. The third-order valence-electron chi connectivity index (χ3n) is 2.69. The molecule has 1 aromatic carbocycles. The van der Waals surface area contributed by atoms with Crippen LogP contribution in [0.2, 0.25) is 0 Å². The smallest absolute Gasteiger partial charge is 0.335 e. The van der Waals surface area contributed by atoms with Crippen LogP contribution < -0.4 is 0 Å². The molecule has 20 heavy (non-hydrogen) atoms. The number of aromatic carboxylic acids is 1. The van der Waals surface area contributed by atoms with E-state index in [1.54, 1.807) is 42.7 Å². The van der Waals surface area contributed by atoms with Gasteiger partial charge in [-0.15, -0.1) is 11.3 Å². The average molecular weight is 283 g/mol. The van der Waals surface area contributed by atoms with Gasteiger partial charge in [-0.2, -0.15) is 0 Å². The molecule has 0 spiro atoms. The first-order valence-electron chi connectivity index (χ1n) is 5.81. The van der Waals surface area contributed by atoms with Crippen molar-refractivity contribution in [3.63, 3.8) is 0 Å². The zero-order valence-electron chi connectivity index (χ0n) is 10.2. The Bertz CT molecular complexity index is 739. The Labute approximate surface area is 118 Å². The second kappa shape index (κ2) is 5.18. The largest absolute Gasteiger partial charge is 0.478 e. The van der Waals surface area contributed by atoms with E-state index in [0.29, 0.717) is 5.82 Å². The zero-order valence-corrected chi connectivity index (χ0v) is 11.0. The number of nitrogens with zero attached hydrogens (tertiary/aromatic N) is 3. The number of thiazole rings is 1. The quantitative estimate of drug-likeness (QED) is 0.799. The van der Waals surface area contributed by atoms with Crippen LogP contribution in [0.5, 0.6) is 0 Å². The fraction of sp³-hybridized carbons (Fsp3) is 0. The molecule has 6 heteroatoms. The number of carbonyl (C=O) groups is 1. The minimum atomic E-state index is -0.937. The van der Waals surface area contributed by atoms with Gasteiger partial charge >= 0.3 is 5.97 Å². The van der Waals surface area contributed by atoms with Crippen LogP contribution in [0.25, 0.3) is 22.1 Å².